The first kappa shape index (κ1) is 24.2. The monoisotopic (exact) mass is 448 g/mol. The molecule has 2 aromatic rings. The third-order valence-corrected chi connectivity index (χ3v) is 5.79. The van der Waals surface area contributed by atoms with Gasteiger partial charge < -0.3 is 14.8 Å². The Hall–Kier alpha value is -3.07. The summed E-state index contributed by atoms with van der Waals surface area (Å²) < 4.78 is 38.4. The number of ether oxygens (including phenoxy) is 2. The van der Waals surface area contributed by atoms with Crippen molar-refractivity contribution in [1.29, 1.82) is 0 Å². The molecule has 1 amide bonds. The molecule has 9 heteroatoms. The van der Waals surface area contributed by atoms with Crippen molar-refractivity contribution in [2.24, 2.45) is 0 Å². The van der Waals surface area contributed by atoms with Gasteiger partial charge in [0.25, 0.3) is 10.0 Å². The average molecular weight is 449 g/mol. The predicted octanol–water partition coefficient (Wildman–Crippen LogP) is 3.58. The molecule has 31 heavy (non-hydrogen) atoms. The maximum Gasteiger partial charge on any atom is 0.327 e. The van der Waals surface area contributed by atoms with E-state index >= 15 is 0 Å². The molecule has 0 saturated carbocycles. The summed E-state index contributed by atoms with van der Waals surface area (Å²) in [4.78, 5) is 23.5. The highest BCUT2D eigenvalue weighted by molar-refractivity contribution is 7.92. The Bertz CT molecular complexity index is 986. The standard InChI is InChI=1S/C22H28N2O6S/c1-5-14-29-20-10-8-19(9-11-20)24(15-22(26)30-16(2)3)31(27,28)21-12-6-18(7-13-21)23-17(4)25/h6-13,16H,5,14-15H2,1-4H3,(H,23,25). The fourth-order valence-electron chi connectivity index (χ4n) is 2.70. The van der Waals surface area contributed by atoms with Gasteiger partial charge in [0.15, 0.2) is 0 Å². The first-order valence-electron chi connectivity index (χ1n) is 9.96. The number of nitrogens with one attached hydrogen (secondary N) is 1. The molecule has 0 bridgehead atoms. The van der Waals surface area contributed by atoms with Gasteiger partial charge >= 0.3 is 5.97 Å². The van der Waals surface area contributed by atoms with Crippen LogP contribution in [-0.2, 0) is 24.3 Å². The molecule has 2 rings (SSSR count). The van der Waals surface area contributed by atoms with E-state index in [1.54, 1.807) is 38.1 Å². The molecule has 0 radical (unpaired) electrons. The first-order valence-corrected chi connectivity index (χ1v) is 11.4. The molecule has 0 fully saturated rings. The van der Waals surface area contributed by atoms with Gasteiger partial charge in [0.1, 0.15) is 12.3 Å². The summed E-state index contributed by atoms with van der Waals surface area (Å²) in [5.74, 6) is -0.328. The minimum Gasteiger partial charge on any atom is -0.494 e. The Labute approximate surface area is 183 Å². The van der Waals surface area contributed by atoms with Gasteiger partial charge in [-0.3, -0.25) is 13.9 Å². The summed E-state index contributed by atoms with van der Waals surface area (Å²) >= 11 is 0. The number of carbonyl (C=O) groups is 2. The number of benzene rings is 2. The number of amides is 1. The van der Waals surface area contributed by atoms with E-state index in [9.17, 15) is 18.0 Å². The highest BCUT2D eigenvalue weighted by Gasteiger charge is 2.28. The highest BCUT2D eigenvalue weighted by atomic mass is 32.2. The van der Waals surface area contributed by atoms with Crippen molar-refractivity contribution in [3.63, 3.8) is 0 Å². The number of hydrogen-bond donors (Lipinski definition) is 1. The molecule has 1 N–H and O–H groups in total. The van der Waals surface area contributed by atoms with E-state index in [2.05, 4.69) is 5.32 Å². The minimum atomic E-state index is -4.08. The number of carbonyl (C=O) groups excluding carboxylic acids is 2. The van der Waals surface area contributed by atoms with Crippen molar-refractivity contribution < 1.29 is 27.5 Å². The number of nitrogens with zero attached hydrogens (tertiary/aromatic N) is 1. The van der Waals surface area contributed by atoms with E-state index in [1.807, 2.05) is 6.92 Å². The van der Waals surface area contributed by atoms with Crippen LogP contribution in [0.4, 0.5) is 11.4 Å². The lowest BCUT2D eigenvalue weighted by Crippen LogP contribution is -2.37. The molecule has 0 spiro atoms. The zero-order chi connectivity index (χ0) is 23.0. The Morgan fingerprint density at radius 3 is 2.16 bits per heavy atom. The van der Waals surface area contributed by atoms with E-state index in [0.717, 1.165) is 10.7 Å². The second kappa shape index (κ2) is 10.8. The van der Waals surface area contributed by atoms with Gasteiger partial charge in [0.2, 0.25) is 5.91 Å². The van der Waals surface area contributed by atoms with Crippen molar-refractivity contribution in [2.45, 2.75) is 45.1 Å². The molecular formula is C22H28N2O6S. The van der Waals surface area contributed by atoms with Gasteiger partial charge in [-0.2, -0.15) is 0 Å². The number of rotatable bonds is 10. The molecule has 0 aromatic heterocycles. The third-order valence-electron chi connectivity index (χ3n) is 4.00. The van der Waals surface area contributed by atoms with Gasteiger partial charge in [0.05, 0.1) is 23.3 Å². The van der Waals surface area contributed by atoms with Crippen molar-refractivity contribution in [2.75, 3.05) is 22.8 Å². The summed E-state index contributed by atoms with van der Waals surface area (Å²) in [5, 5.41) is 2.59. The van der Waals surface area contributed by atoms with Gasteiger partial charge in [0, 0.05) is 12.6 Å². The smallest absolute Gasteiger partial charge is 0.327 e. The number of esters is 1. The van der Waals surface area contributed by atoms with Crippen LogP contribution in [0.1, 0.15) is 34.1 Å². The Balaban J connectivity index is 2.38. The summed E-state index contributed by atoms with van der Waals surface area (Å²) in [6.07, 6.45) is 0.469. The van der Waals surface area contributed by atoms with Crippen molar-refractivity contribution in [1.82, 2.24) is 0 Å². The fraction of sp³-hybridized carbons (Fsp3) is 0.364. The van der Waals surface area contributed by atoms with Gasteiger partial charge in [-0.05, 0) is 68.8 Å². The van der Waals surface area contributed by atoms with Gasteiger partial charge in [-0.15, -0.1) is 0 Å². The van der Waals surface area contributed by atoms with E-state index in [0.29, 0.717) is 23.7 Å². The van der Waals surface area contributed by atoms with Crippen LogP contribution in [0, 0.1) is 0 Å². The maximum absolute atomic E-state index is 13.3. The predicted molar refractivity (Wildman–Crippen MR) is 119 cm³/mol. The van der Waals surface area contributed by atoms with Crippen LogP contribution in [0.15, 0.2) is 53.4 Å². The SMILES string of the molecule is CCCOc1ccc(N(CC(=O)OC(C)C)S(=O)(=O)c2ccc(NC(C)=O)cc2)cc1. The summed E-state index contributed by atoms with van der Waals surface area (Å²) in [7, 11) is -4.08. The molecule has 168 valence electrons. The number of anilines is 2. The zero-order valence-corrected chi connectivity index (χ0v) is 18.9. The van der Waals surface area contributed by atoms with E-state index < -0.39 is 22.5 Å². The molecule has 0 aliphatic carbocycles. The second-order valence-corrected chi connectivity index (χ2v) is 8.96. The molecule has 0 heterocycles. The first-order chi connectivity index (χ1) is 14.6. The molecule has 0 unspecified atom stereocenters. The molecule has 0 saturated heterocycles. The Morgan fingerprint density at radius 1 is 1.03 bits per heavy atom. The Kier molecular flexibility index (Phi) is 8.44. The van der Waals surface area contributed by atoms with Gasteiger partial charge in [-0.25, -0.2) is 8.42 Å². The van der Waals surface area contributed by atoms with E-state index in [1.165, 1.54) is 31.2 Å². The lowest BCUT2D eigenvalue weighted by Gasteiger charge is -2.24. The summed E-state index contributed by atoms with van der Waals surface area (Å²) in [6, 6.07) is 12.2. The lowest BCUT2D eigenvalue weighted by molar-refractivity contribution is -0.145. The van der Waals surface area contributed by atoms with Crippen molar-refractivity contribution in [3.05, 3.63) is 48.5 Å². The van der Waals surface area contributed by atoms with E-state index in [4.69, 9.17) is 9.47 Å². The number of hydrogen-bond acceptors (Lipinski definition) is 6. The molecular weight excluding hydrogens is 420 g/mol. The lowest BCUT2D eigenvalue weighted by atomic mass is 10.3. The molecule has 2 aromatic carbocycles. The Morgan fingerprint density at radius 2 is 1.65 bits per heavy atom. The molecule has 0 aliphatic rings. The number of sulfonamides is 1. The molecule has 0 atom stereocenters. The average Bonchev–Trinajstić information content (AvgIpc) is 2.70. The van der Waals surface area contributed by atoms with Crippen LogP contribution < -0.4 is 14.4 Å². The van der Waals surface area contributed by atoms with Crippen LogP contribution in [0.2, 0.25) is 0 Å². The van der Waals surface area contributed by atoms with Crippen molar-refractivity contribution >= 4 is 33.3 Å². The maximum atomic E-state index is 13.3. The van der Waals surface area contributed by atoms with Crippen molar-refractivity contribution in [3.8, 4) is 5.75 Å². The zero-order valence-electron chi connectivity index (χ0n) is 18.1. The highest BCUT2D eigenvalue weighted by Crippen LogP contribution is 2.27. The third kappa shape index (κ3) is 6.99. The van der Waals surface area contributed by atoms with Crippen LogP contribution in [0.5, 0.6) is 5.75 Å². The fourth-order valence-corrected chi connectivity index (χ4v) is 4.11. The minimum absolute atomic E-state index is 0.0229. The summed E-state index contributed by atoms with van der Waals surface area (Å²) in [5.41, 5.74) is 0.769. The molecule has 0 aliphatic heterocycles. The van der Waals surface area contributed by atoms with Crippen LogP contribution in [0.3, 0.4) is 0 Å². The second-order valence-electron chi connectivity index (χ2n) is 7.10. The van der Waals surface area contributed by atoms with Gasteiger partial charge in [-0.1, -0.05) is 6.92 Å². The van der Waals surface area contributed by atoms with Crippen LogP contribution in [-0.4, -0.2) is 39.5 Å². The van der Waals surface area contributed by atoms with E-state index in [-0.39, 0.29) is 16.9 Å². The van der Waals surface area contributed by atoms with Crippen LogP contribution >= 0.6 is 0 Å². The normalized spacial score (nSPS) is 11.1. The largest absolute Gasteiger partial charge is 0.494 e. The topological polar surface area (TPSA) is 102 Å². The van der Waals surface area contributed by atoms with Crippen LogP contribution in [0.25, 0.3) is 0 Å². The molecule has 8 nitrogen and oxygen atoms in total. The quantitative estimate of drug-likeness (QED) is 0.558. The summed E-state index contributed by atoms with van der Waals surface area (Å²) in [6.45, 7) is 6.79.